The number of amides is 1. The number of nitrogens with zero attached hydrogens (tertiary/aromatic N) is 5. The molecule has 0 aliphatic carbocycles. The molecule has 28 heavy (non-hydrogen) atoms. The lowest BCUT2D eigenvalue weighted by atomic mass is 10.2. The monoisotopic (exact) mass is 372 g/mol. The highest BCUT2D eigenvalue weighted by atomic mass is 16.5. The molecule has 0 unspecified atom stereocenters. The number of hydrogen-bond acceptors (Lipinski definition) is 7. The first kappa shape index (κ1) is 17.5. The fourth-order valence-electron chi connectivity index (χ4n) is 2.55. The predicted molar refractivity (Wildman–Crippen MR) is 102 cm³/mol. The van der Waals surface area contributed by atoms with Crippen LogP contribution in [-0.2, 0) is 11.2 Å². The zero-order valence-corrected chi connectivity index (χ0v) is 14.8. The first-order valence-corrected chi connectivity index (χ1v) is 8.68. The van der Waals surface area contributed by atoms with Crippen molar-refractivity contribution in [3.8, 4) is 22.8 Å². The third-order valence-corrected chi connectivity index (χ3v) is 3.94. The Labute approximate surface area is 160 Å². The summed E-state index contributed by atoms with van der Waals surface area (Å²) in [5.41, 5.74) is 2.26. The van der Waals surface area contributed by atoms with Crippen LogP contribution < -0.4 is 5.32 Å². The summed E-state index contributed by atoms with van der Waals surface area (Å²) in [7, 11) is 0. The lowest BCUT2D eigenvalue weighted by molar-refractivity contribution is -0.116. The van der Waals surface area contributed by atoms with E-state index in [1.54, 1.807) is 36.9 Å². The summed E-state index contributed by atoms with van der Waals surface area (Å²) in [6, 6.07) is 13.2. The van der Waals surface area contributed by atoms with Crippen LogP contribution in [0.5, 0.6) is 0 Å². The van der Waals surface area contributed by atoms with Gasteiger partial charge in [0, 0.05) is 36.4 Å². The molecule has 0 atom stereocenters. The molecule has 4 rings (SSSR count). The number of anilines is 1. The lowest BCUT2D eigenvalue weighted by Gasteiger charge is -2.04. The Morgan fingerprint density at radius 3 is 2.39 bits per heavy atom. The number of hydrogen-bond donors (Lipinski definition) is 1. The van der Waals surface area contributed by atoms with Gasteiger partial charge in [0.05, 0.1) is 18.1 Å². The van der Waals surface area contributed by atoms with Gasteiger partial charge in [-0.15, -0.1) is 0 Å². The molecule has 1 N–H and O–H groups in total. The second-order valence-electron chi connectivity index (χ2n) is 5.96. The van der Waals surface area contributed by atoms with Gasteiger partial charge in [0.15, 0.2) is 5.82 Å². The molecule has 0 saturated heterocycles. The van der Waals surface area contributed by atoms with Crippen LogP contribution in [0, 0.1) is 0 Å². The molecular weight excluding hydrogens is 356 g/mol. The number of rotatable bonds is 6. The van der Waals surface area contributed by atoms with E-state index in [0.717, 1.165) is 11.1 Å². The first-order chi connectivity index (χ1) is 13.8. The number of aromatic nitrogens is 5. The van der Waals surface area contributed by atoms with Crippen LogP contribution in [0.15, 0.2) is 71.8 Å². The number of pyridine rings is 1. The average molecular weight is 372 g/mol. The Bertz CT molecular complexity index is 1050. The maximum Gasteiger partial charge on any atom is 0.227 e. The third-order valence-electron chi connectivity index (χ3n) is 3.94. The standard InChI is InChI=1S/C20H16N6O2/c27-17(6-7-18-25-20(26-28-18)15-8-10-21-11-9-15)24-16-12-22-19(23-13-16)14-4-2-1-3-5-14/h1-5,8-13H,6-7H2,(H,24,27). The van der Waals surface area contributed by atoms with Gasteiger partial charge in [-0.25, -0.2) is 9.97 Å². The minimum Gasteiger partial charge on any atom is -0.339 e. The summed E-state index contributed by atoms with van der Waals surface area (Å²) in [4.78, 5) is 29.0. The minimum absolute atomic E-state index is 0.181. The van der Waals surface area contributed by atoms with Gasteiger partial charge in [-0.05, 0) is 12.1 Å². The minimum atomic E-state index is -0.181. The number of benzene rings is 1. The van der Waals surface area contributed by atoms with E-state index in [0.29, 0.717) is 29.6 Å². The Hall–Kier alpha value is -3.94. The third kappa shape index (κ3) is 4.24. The summed E-state index contributed by atoms with van der Waals surface area (Å²) >= 11 is 0. The Morgan fingerprint density at radius 2 is 1.64 bits per heavy atom. The molecule has 0 bridgehead atoms. The van der Waals surface area contributed by atoms with Gasteiger partial charge in [0.2, 0.25) is 17.6 Å². The normalized spacial score (nSPS) is 10.6. The number of aryl methyl sites for hydroxylation is 1. The van der Waals surface area contributed by atoms with Crippen molar-refractivity contribution >= 4 is 11.6 Å². The highest BCUT2D eigenvalue weighted by molar-refractivity contribution is 5.90. The SMILES string of the molecule is O=C(CCc1nc(-c2ccncc2)no1)Nc1cnc(-c2ccccc2)nc1. The molecule has 1 aromatic carbocycles. The first-order valence-electron chi connectivity index (χ1n) is 8.68. The van der Waals surface area contributed by atoms with E-state index in [-0.39, 0.29) is 12.3 Å². The van der Waals surface area contributed by atoms with Crippen LogP contribution in [0.25, 0.3) is 22.8 Å². The van der Waals surface area contributed by atoms with Crippen molar-refractivity contribution in [3.63, 3.8) is 0 Å². The average Bonchev–Trinajstić information content (AvgIpc) is 3.23. The Morgan fingerprint density at radius 1 is 0.929 bits per heavy atom. The van der Waals surface area contributed by atoms with Crippen molar-refractivity contribution in [1.82, 2.24) is 25.1 Å². The van der Waals surface area contributed by atoms with E-state index in [1.165, 1.54) is 0 Å². The van der Waals surface area contributed by atoms with Gasteiger partial charge in [0.25, 0.3) is 0 Å². The summed E-state index contributed by atoms with van der Waals surface area (Å²) in [5, 5.41) is 6.69. The zero-order chi connectivity index (χ0) is 19.2. The molecule has 3 heterocycles. The van der Waals surface area contributed by atoms with E-state index in [4.69, 9.17) is 4.52 Å². The molecule has 8 heteroatoms. The molecule has 3 aromatic heterocycles. The van der Waals surface area contributed by atoms with Crippen molar-refractivity contribution in [2.75, 3.05) is 5.32 Å². The highest BCUT2D eigenvalue weighted by Crippen LogP contribution is 2.16. The topological polar surface area (TPSA) is 107 Å². The molecule has 8 nitrogen and oxygen atoms in total. The van der Waals surface area contributed by atoms with Crippen LogP contribution in [0.3, 0.4) is 0 Å². The molecule has 138 valence electrons. The largest absolute Gasteiger partial charge is 0.339 e. The number of carbonyl (C=O) groups is 1. The van der Waals surface area contributed by atoms with Gasteiger partial charge in [-0.2, -0.15) is 4.98 Å². The molecule has 0 spiro atoms. The van der Waals surface area contributed by atoms with Gasteiger partial charge in [-0.3, -0.25) is 9.78 Å². The van der Waals surface area contributed by atoms with Crippen LogP contribution in [0.1, 0.15) is 12.3 Å². The van der Waals surface area contributed by atoms with Gasteiger partial charge < -0.3 is 9.84 Å². The molecule has 0 aliphatic heterocycles. The fourth-order valence-corrected chi connectivity index (χ4v) is 2.55. The van der Waals surface area contributed by atoms with Gasteiger partial charge in [-0.1, -0.05) is 35.5 Å². The van der Waals surface area contributed by atoms with Crippen molar-refractivity contribution in [1.29, 1.82) is 0 Å². The lowest BCUT2D eigenvalue weighted by Crippen LogP contribution is -2.13. The molecule has 0 aliphatic rings. The van der Waals surface area contributed by atoms with Crippen LogP contribution in [0.2, 0.25) is 0 Å². The molecule has 1 amide bonds. The van der Waals surface area contributed by atoms with Crippen molar-refractivity contribution < 1.29 is 9.32 Å². The van der Waals surface area contributed by atoms with Gasteiger partial charge >= 0.3 is 0 Å². The molecule has 0 fully saturated rings. The Balaban J connectivity index is 1.32. The summed E-state index contributed by atoms with van der Waals surface area (Å²) in [6.45, 7) is 0. The fraction of sp³-hybridized carbons (Fsp3) is 0.100. The van der Waals surface area contributed by atoms with Crippen LogP contribution in [0.4, 0.5) is 5.69 Å². The molecule has 0 radical (unpaired) electrons. The summed E-state index contributed by atoms with van der Waals surface area (Å²) < 4.78 is 5.20. The molecular formula is C20H16N6O2. The number of nitrogens with one attached hydrogen (secondary N) is 1. The second kappa shape index (κ2) is 8.17. The van der Waals surface area contributed by atoms with E-state index < -0.39 is 0 Å². The van der Waals surface area contributed by atoms with E-state index >= 15 is 0 Å². The summed E-state index contributed by atoms with van der Waals surface area (Å²) in [5.74, 6) is 1.30. The van der Waals surface area contributed by atoms with Crippen molar-refractivity contribution in [2.45, 2.75) is 12.8 Å². The maximum absolute atomic E-state index is 12.2. The maximum atomic E-state index is 12.2. The highest BCUT2D eigenvalue weighted by Gasteiger charge is 2.11. The molecule has 0 saturated carbocycles. The summed E-state index contributed by atoms with van der Waals surface area (Å²) in [6.07, 6.45) is 7.03. The smallest absolute Gasteiger partial charge is 0.227 e. The van der Waals surface area contributed by atoms with Crippen LogP contribution >= 0.6 is 0 Å². The molecule has 4 aromatic rings. The Kier molecular flexibility index (Phi) is 5.10. The second-order valence-corrected chi connectivity index (χ2v) is 5.96. The number of carbonyl (C=O) groups excluding carboxylic acids is 1. The van der Waals surface area contributed by atoms with E-state index in [2.05, 4.69) is 30.4 Å². The quantitative estimate of drug-likeness (QED) is 0.554. The van der Waals surface area contributed by atoms with Crippen LogP contribution in [-0.4, -0.2) is 31.0 Å². The predicted octanol–water partition coefficient (Wildman–Crippen LogP) is 3.16. The van der Waals surface area contributed by atoms with Crippen molar-refractivity contribution in [2.24, 2.45) is 0 Å². The van der Waals surface area contributed by atoms with E-state index in [9.17, 15) is 4.79 Å². The zero-order valence-electron chi connectivity index (χ0n) is 14.8. The van der Waals surface area contributed by atoms with Gasteiger partial charge in [0.1, 0.15) is 0 Å². The van der Waals surface area contributed by atoms with E-state index in [1.807, 2.05) is 30.3 Å². The van der Waals surface area contributed by atoms with Crippen molar-refractivity contribution in [3.05, 3.63) is 73.1 Å².